The number of carbonyl (C=O) groups excluding carboxylic acids is 3. The zero-order valence-electron chi connectivity index (χ0n) is 15.3. The van der Waals surface area contributed by atoms with E-state index < -0.39 is 24.1 Å². The molecule has 0 bridgehead atoms. The molecule has 0 radical (unpaired) electrons. The number of aldehydes is 1. The second kappa shape index (κ2) is 8.28. The van der Waals surface area contributed by atoms with Gasteiger partial charge in [-0.15, -0.1) is 0 Å². The Morgan fingerprint density at radius 2 is 2.12 bits per heavy atom. The summed E-state index contributed by atoms with van der Waals surface area (Å²) in [5, 5.41) is 0. The number of carbonyl (C=O) groups is 3. The molecule has 4 unspecified atom stereocenters. The van der Waals surface area contributed by atoms with E-state index in [2.05, 4.69) is 0 Å². The van der Waals surface area contributed by atoms with Gasteiger partial charge in [-0.2, -0.15) is 0 Å². The van der Waals surface area contributed by atoms with Crippen molar-refractivity contribution in [1.29, 1.82) is 0 Å². The van der Waals surface area contributed by atoms with Crippen LogP contribution in [0, 0.1) is 11.8 Å². The molecule has 0 aromatic heterocycles. The maximum Gasteiger partial charge on any atom is 0.333 e. The molecule has 0 saturated carbocycles. The smallest absolute Gasteiger partial charge is 0.333 e. The molecule has 5 heteroatoms. The van der Waals surface area contributed by atoms with Crippen molar-refractivity contribution in [2.24, 2.45) is 11.8 Å². The molecule has 25 heavy (non-hydrogen) atoms. The van der Waals surface area contributed by atoms with Gasteiger partial charge in [-0.3, -0.25) is 9.59 Å². The van der Waals surface area contributed by atoms with E-state index >= 15 is 0 Å². The highest BCUT2D eigenvalue weighted by molar-refractivity contribution is 5.88. The van der Waals surface area contributed by atoms with E-state index in [1.54, 1.807) is 26.8 Å². The average molecular weight is 346 g/mol. The molecule has 1 saturated heterocycles. The molecule has 1 heterocycles. The fourth-order valence-corrected chi connectivity index (χ4v) is 3.31. The van der Waals surface area contributed by atoms with E-state index in [9.17, 15) is 14.4 Å². The normalized spacial score (nSPS) is 30.6. The first-order chi connectivity index (χ1) is 11.9. The average Bonchev–Trinajstić information content (AvgIpc) is 2.85. The van der Waals surface area contributed by atoms with Gasteiger partial charge < -0.3 is 9.47 Å². The molecule has 1 fully saturated rings. The minimum absolute atomic E-state index is 0.293. The lowest BCUT2D eigenvalue weighted by Crippen LogP contribution is -2.36. The van der Waals surface area contributed by atoms with Crippen molar-refractivity contribution in [3.05, 3.63) is 34.9 Å². The van der Waals surface area contributed by atoms with Crippen LogP contribution in [0.3, 0.4) is 0 Å². The van der Waals surface area contributed by atoms with Crippen LogP contribution in [0.5, 0.6) is 0 Å². The Balaban J connectivity index is 2.40. The largest absolute Gasteiger partial charge is 0.458 e. The molecule has 4 atom stereocenters. The number of rotatable bonds is 3. The molecule has 0 spiro atoms. The van der Waals surface area contributed by atoms with Crippen molar-refractivity contribution < 1.29 is 23.9 Å². The summed E-state index contributed by atoms with van der Waals surface area (Å²) >= 11 is 0. The van der Waals surface area contributed by atoms with Gasteiger partial charge >= 0.3 is 11.9 Å². The first kappa shape index (κ1) is 19.2. The highest BCUT2D eigenvalue weighted by Gasteiger charge is 2.47. The topological polar surface area (TPSA) is 69.7 Å². The van der Waals surface area contributed by atoms with E-state index in [0.717, 1.165) is 24.7 Å². The summed E-state index contributed by atoms with van der Waals surface area (Å²) in [7, 11) is 0. The molecule has 0 amide bonds. The van der Waals surface area contributed by atoms with Crippen LogP contribution in [-0.4, -0.2) is 30.4 Å². The van der Waals surface area contributed by atoms with Crippen molar-refractivity contribution in [2.45, 2.75) is 59.2 Å². The van der Waals surface area contributed by atoms with E-state index in [4.69, 9.17) is 9.47 Å². The van der Waals surface area contributed by atoms with Gasteiger partial charge in [-0.25, -0.2) is 4.79 Å². The number of hydrogen-bond acceptors (Lipinski definition) is 5. The van der Waals surface area contributed by atoms with E-state index in [1.807, 2.05) is 19.1 Å². The lowest BCUT2D eigenvalue weighted by Gasteiger charge is -2.28. The summed E-state index contributed by atoms with van der Waals surface area (Å²) in [6, 6.07) is 0. The second-order valence-corrected chi connectivity index (χ2v) is 6.84. The summed E-state index contributed by atoms with van der Waals surface area (Å²) in [4.78, 5) is 35.9. The van der Waals surface area contributed by atoms with Crippen LogP contribution >= 0.6 is 0 Å². The van der Waals surface area contributed by atoms with Crippen LogP contribution in [0.2, 0.25) is 0 Å². The first-order valence-corrected chi connectivity index (χ1v) is 8.73. The van der Waals surface area contributed by atoms with Gasteiger partial charge in [-0.05, 0) is 45.3 Å². The predicted molar refractivity (Wildman–Crippen MR) is 93.6 cm³/mol. The molecule has 1 aliphatic carbocycles. The first-order valence-electron chi connectivity index (χ1n) is 8.73. The molecule has 1 aliphatic heterocycles. The van der Waals surface area contributed by atoms with Crippen molar-refractivity contribution in [3.8, 4) is 0 Å². The fraction of sp³-hybridized carbons (Fsp3) is 0.550. The number of fused-ring (bicyclic) bond motifs is 1. The van der Waals surface area contributed by atoms with Crippen LogP contribution < -0.4 is 0 Å². The zero-order valence-corrected chi connectivity index (χ0v) is 15.3. The fourth-order valence-electron chi connectivity index (χ4n) is 3.31. The summed E-state index contributed by atoms with van der Waals surface area (Å²) in [6.45, 7) is 7.21. The SMILES string of the molecule is CC=C(C)C(=O)OC1CC(C=O)=CCCC(C)=CC2OC(=O)C(C)C21. The molecule has 2 rings (SSSR count). The Morgan fingerprint density at radius 3 is 2.76 bits per heavy atom. The predicted octanol–water partition coefficient (Wildman–Crippen LogP) is 3.30. The van der Waals surface area contributed by atoms with Gasteiger partial charge in [0.05, 0.1) is 11.8 Å². The lowest BCUT2D eigenvalue weighted by atomic mass is 9.82. The van der Waals surface area contributed by atoms with Gasteiger partial charge in [0.15, 0.2) is 0 Å². The van der Waals surface area contributed by atoms with Crippen LogP contribution in [0.1, 0.15) is 47.0 Å². The maximum atomic E-state index is 12.3. The van der Waals surface area contributed by atoms with Crippen LogP contribution in [-0.2, 0) is 23.9 Å². The zero-order chi connectivity index (χ0) is 18.6. The van der Waals surface area contributed by atoms with Crippen molar-refractivity contribution in [2.75, 3.05) is 0 Å². The standard InChI is InChI=1S/C20H26O5/c1-5-13(3)19(22)24-17-10-15(11-21)8-6-7-12(2)9-16-18(17)14(4)20(23)25-16/h5,8-9,11,14,16-18H,6-7,10H2,1-4H3. The minimum atomic E-state index is -0.590. The molecular weight excluding hydrogens is 320 g/mol. The van der Waals surface area contributed by atoms with Crippen molar-refractivity contribution in [3.63, 3.8) is 0 Å². The van der Waals surface area contributed by atoms with E-state index in [-0.39, 0.29) is 11.9 Å². The number of ether oxygens (including phenoxy) is 2. The van der Waals surface area contributed by atoms with Crippen LogP contribution in [0.25, 0.3) is 0 Å². The quantitative estimate of drug-likeness (QED) is 0.339. The van der Waals surface area contributed by atoms with Crippen LogP contribution in [0.15, 0.2) is 34.9 Å². The molecule has 0 aromatic rings. The second-order valence-electron chi connectivity index (χ2n) is 6.84. The summed E-state index contributed by atoms with van der Waals surface area (Å²) < 4.78 is 11.2. The van der Waals surface area contributed by atoms with Gasteiger partial charge in [0.1, 0.15) is 18.5 Å². The Hall–Kier alpha value is -2.17. The summed E-state index contributed by atoms with van der Waals surface area (Å²) in [6.07, 6.45) is 7.12. The van der Waals surface area contributed by atoms with Gasteiger partial charge in [0.2, 0.25) is 0 Å². The van der Waals surface area contributed by atoms with Crippen molar-refractivity contribution >= 4 is 18.2 Å². The Labute approximate surface area is 148 Å². The highest BCUT2D eigenvalue weighted by atomic mass is 16.6. The Bertz CT molecular complexity index is 640. The Morgan fingerprint density at radius 1 is 1.40 bits per heavy atom. The molecular formula is C20H26O5. The third kappa shape index (κ3) is 4.47. The molecule has 0 N–H and O–H groups in total. The number of esters is 2. The van der Waals surface area contributed by atoms with Gasteiger partial charge in [-0.1, -0.05) is 24.6 Å². The van der Waals surface area contributed by atoms with E-state index in [0.29, 0.717) is 17.6 Å². The maximum absolute atomic E-state index is 12.3. The van der Waals surface area contributed by atoms with Gasteiger partial charge in [0, 0.05) is 12.0 Å². The number of allylic oxidation sites excluding steroid dienone is 3. The molecule has 0 aromatic carbocycles. The minimum Gasteiger partial charge on any atom is -0.458 e. The third-order valence-electron chi connectivity index (χ3n) is 5.01. The lowest BCUT2D eigenvalue weighted by molar-refractivity contribution is -0.148. The molecule has 136 valence electrons. The van der Waals surface area contributed by atoms with E-state index in [1.165, 1.54) is 0 Å². The molecule has 5 nitrogen and oxygen atoms in total. The summed E-state index contributed by atoms with van der Waals surface area (Å²) in [5.74, 6) is -1.43. The summed E-state index contributed by atoms with van der Waals surface area (Å²) in [5.41, 5.74) is 2.18. The van der Waals surface area contributed by atoms with Crippen LogP contribution in [0.4, 0.5) is 0 Å². The number of hydrogen-bond donors (Lipinski definition) is 0. The molecule has 2 aliphatic rings. The highest BCUT2D eigenvalue weighted by Crippen LogP contribution is 2.37. The van der Waals surface area contributed by atoms with Crippen molar-refractivity contribution in [1.82, 2.24) is 0 Å². The third-order valence-corrected chi connectivity index (χ3v) is 5.01. The monoisotopic (exact) mass is 346 g/mol. The Kier molecular flexibility index (Phi) is 6.34. The van der Waals surface area contributed by atoms with Gasteiger partial charge in [0.25, 0.3) is 0 Å².